The minimum Gasteiger partial charge on any atom is -0.383 e. The van der Waals surface area contributed by atoms with Gasteiger partial charge in [0.1, 0.15) is 23.9 Å². The number of H-pyrrole nitrogens is 1. The number of hydrogen-bond acceptors (Lipinski definition) is 6. The maximum Gasteiger partial charge on any atom is 0.144 e. The predicted molar refractivity (Wildman–Crippen MR) is 114 cm³/mol. The number of nitriles is 1. The van der Waals surface area contributed by atoms with Crippen molar-refractivity contribution in [2.45, 2.75) is 37.6 Å². The van der Waals surface area contributed by atoms with Crippen molar-refractivity contribution in [2.75, 3.05) is 29.9 Å². The van der Waals surface area contributed by atoms with Crippen molar-refractivity contribution in [3.8, 4) is 6.07 Å². The summed E-state index contributed by atoms with van der Waals surface area (Å²) >= 11 is 0. The van der Waals surface area contributed by atoms with Crippen LogP contribution in [0, 0.1) is 11.3 Å². The zero-order chi connectivity index (χ0) is 19.8. The first kappa shape index (κ1) is 18.0. The number of aromatic nitrogens is 3. The number of anilines is 2. The molecule has 0 radical (unpaired) electrons. The van der Waals surface area contributed by atoms with E-state index in [4.69, 9.17) is 5.73 Å². The molecule has 1 aliphatic heterocycles. The second-order valence-corrected chi connectivity index (χ2v) is 8.27. The van der Waals surface area contributed by atoms with E-state index in [0.717, 1.165) is 30.6 Å². The maximum atomic E-state index is 9.42. The van der Waals surface area contributed by atoms with Crippen LogP contribution in [0.15, 0.2) is 30.7 Å². The quantitative estimate of drug-likeness (QED) is 0.635. The van der Waals surface area contributed by atoms with Crippen molar-refractivity contribution in [1.82, 2.24) is 15.0 Å². The van der Waals surface area contributed by atoms with E-state index in [1.54, 1.807) is 12.5 Å². The lowest BCUT2D eigenvalue weighted by atomic mass is 9.90. The second-order valence-electron chi connectivity index (χ2n) is 8.27. The Morgan fingerprint density at radius 3 is 3.07 bits per heavy atom. The van der Waals surface area contributed by atoms with Crippen LogP contribution in [0.5, 0.6) is 0 Å². The average Bonchev–Trinajstić information content (AvgIpc) is 3.36. The molecule has 1 unspecified atom stereocenters. The summed E-state index contributed by atoms with van der Waals surface area (Å²) in [5, 5.41) is 13.8. The van der Waals surface area contributed by atoms with Crippen molar-refractivity contribution in [2.24, 2.45) is 5.73 Å². The first-order valence-corrected chi connectivity index (χ1v) is 10.3. The van der Waals surface area contributed by atoms with E-state index in [2.05, 4.69) is 49.4 Å². The van der Waals surface area contributed by atoms with E-state index >= 15 is 0 Å². The van der Waals surface area contributed by atoms with Crippen LogP contribution in [0.25, 0.3) is 11.0 Å². The SMILES string of the molecule is N#Cc1c[nH]c2ncnc(N3CCC(N)(CNc4cccc5c4CCCC5)C3)c12. The molecule has 7 nitrogen and oxygen atoms in total. The molecule has 5 rings (SSSR count). The van der Waals surface area contributed by atoms with Crippen LogP contribution in [-0.4, -0.2) is 40.1 Å². The van der Waals surface area contributed by atoms with Gasteiger partial charge in [0.05, 0.1) is 16.5 Å². The molecular formula is C22H25N7. The largest absolute Gasteiger partial charge is 0.383 e. The summed E-state index contributed by atoms with van der Waals surface area (Å²) in [7, 11) is 0. The number of nitrogens with zero attached hydrogens (tertiary/aromatic N) is 4. The zero-order valence-electron chi connectivity index (χ0n) is 16.4. The van der Waals surface area contributed by atoms with Gasteiger partial charge in [0, 0.05) is 31.5 Å². The van der Waals surface area contributed by atoms with Gasteiger partial charge in [-0.15, -0.1) is 0 Å². The Morgan fingerprint density at radius 1 is 1.28 bits per heavy atom. The molecular weight excluding hydrogens is 362 g/mol. The Balaban J connectivity index is 1.35. The van der Waals surface area contributed by atoms with Gasteiger partial charge in [-0.3, -0.25) is 0 Å². The molecule has 29 heavy (non-hydrogen) atoms. The highest BCUT2D eigenvalue weighted by molar-refractivity contribution is 5.93. The molecule has 0 bridgehead atoms. The smallest absolute Gasteiger partial charge is 0.144 e. The molecule has 1 atom stereocenters. The number of nitrogens with two attached hydrogens (primary N) is 1. The van der Waals surface area contributed by atoms with E-state index in [0.29, 0.717) is 24.3 Å². The highest BCUT2D eigenvalue weighted by Crippen LogP contribution is 2.32. The summed E-state index contributed by atoms with van der Waals surface area (Å²) in [5.74, 6) is 0.789. The van der Waals surface area contributed by atoms with Gasteiger partial charge in [0.2, 0.25) is 0 Å². The third-order valence-corrected chi connectivity index (χ3v) is 6.28. The normalized spacial score (nSPS) is 21.2. The van der Waals surface area contributed by atoms with Crippen molar-refractivity contribution >= 4 is 22.5 Å². The van der Waals surface area contributed by atoms with Crippen molar-refractivity contribution < 1.29 is 0 Å². The second kappa shape index (κ2) is 7.05. The number of benzene rings is 1. The Morgan fingerprint density at radius 2 is 2.17 bits per heavy atom. The monoisotopic (exact) mass is 387 g/mol. The minimum absolute atomic E-state index is 0.349. The van der Waals surface area contributed by atoms with Crippen LogP contribution in [0.4, 0.5) is 11.5 Å². The molecule has 7 heteroatoms. The van der Waals surface area contributed by atoms with Crippen molar-refractivity contribution in [3.05, 3.63) is 47.4 Å². The lowest BCUT2D eigenvalue weighted by Crippen LogP contribution is -2.48. The van der Waals surface area contributed by atoms with Gasteiger partial charge in [-0.2, -0.15) is 5.26 Å². The summed E-state index contributed by atoms with van der Waals surface area (Å²) in [4.78, 5) is 14.0. The fraction of sp³-hybridized carbons (Fsp3) is 0.409. The molecule has 148 valence electrons. The molecule has 1 aromatic carbocycles. The fourth-order valence-electron chi connectivity index (χ4n) is 4.71. The highest BCUT2D eigenvalue weighted by atomic mass is 15.2. The number of aromatic amines is 1. The van der Waals surface area contributed by atoms with Gasteiger partial charge in [-0.25, -0.2) is 9.97 Å². The van der Waals surface area contributed by atoms with Gasteiger partial charge in [0.25, 0.3) is 0 Å². The zero-order valence-corrected chi connectivity index (χ0v) is 16.4. The van der Waals surface area contributed by atoms with Gasteiger partial charge in [-0.05, 0) is 49.3 Å². The van der Waals surface area contributed by atoms with Crippen LogP contribution >= 0.6 is 0 Å². The molecule has 0 spiro atoms. The molecule has 2 aliphatic rings. The minimum atomic E-state index is -0.349. The number of fused-ring (bicyclic) bond motifs is 2. The van der Waals surface area contributed by atoms with Gasteiger partial charge in [0.15, 0.2) is 0 Å². The third kappa shape index (κ3) is 3.19. The molecule has 0 amide bonds. The summed E-state index contributed by atoms with van der Waals surface area (Å²) in [6.45, 7) is 2.22. The third-order valence-electron chi connectivity index (χ3n) is 6.28. The van der Waals surface area contributed by atoms with Crippen LogP contribution in [0.1, 0.15) is 36.0 Å². The molecule has 1 aliphatic carbocycles. The lowest BCUT2D eigenvalue weighted by Gasteiger charge is -2.28. The number of rotatable bonds is 4. The molecule has 1 fully saturated rings. The van der Waals surface area contributed by atoms with Crippen molar-refractivity contribution in [3.63, 3.8) is 0 Å². The van der Waals surface area contributed by atoms with E-state index in [-0.39, 0.29) is 5.54 Å². The molecule has 3 aromatic rings. The van der Waals surface area contributed by atoms with E-state index in [1.165, 1.54) is 36.1 Å². The Bertz CT molecular complexity index is 1100. The van der Waals surface area contributed by atoms with Crippen molar-refractivity contribution in [1.29, 1.82) is 5.26 Å². The van der Waals surface area contributed by atoms with E-state index in [9.17, 15) is 5.26 Å². The standard InChI is InChI=1S/C22H25N7/c23-10-16-11-25-20-19(16)21(28-14-27-20)29-9-8-22(24,13-29)12-26-18-7-3-5-15-4-1-2-6-17(15)18/h3,5,7,11,14,26H,1-2,4,6,8-9,12-13,24H2,(H,25,27,28). The lowest BCUT2D eigenvalue weighted by molar-refractivity contribution is 0.498. The summed E-state index contributed by atoms with van der Waals surface area (Å²) in [5.41, 5.74) is 11.8. The van der Waals surface area contributed by atoms with Crippen LogP contribution in [-0.2, 0) is 12.8 Å². The Kier molecular flexibility index (Phi) is 4.36. The van der Waals surface area contributed by atoms with Crippen LogP contribution < -0.4 is 16.0 Å². The molecule has 4 N–H and O–H groups in total. The molecule has 1 saturated heterocycles. The first-order valence-electron chi connectivity index (χ1n) is 10.3. The number of nitrogens with one attached hydrogen (secondary N) is 2. The van der Waals surface area contributed by atoms with Gasteiger partial charge in [-0.1, -0.05) is 12.1 Å². The summed E-state index contributed by atoms with van der Waals surface area (Å²) in [6.07, 6.45) is 8.96. The molecule has 3 heterocycles. The summed E-state index contributed by atoms with van der Waals surface area (Å²) < 4.78 is 0. The van der Waals surface area contributed by atoms with Crippen LogP contribution in [0.3, 0.4) is 0 Å². The van der Waals surface area contributed by atoms with Gasteiger partial charge < -0.3 is 20.9 Å². The molecule has 0 saturated carbocycles. The number of hydrogen-bond donors (Lipinski definition) is 3. The van der Waals surface area contributed by atoms with Crippen LogP contribution in [0.2, 0.25) is 0 Å². The summed E-state index contributed by atoms with van der Waals surface area (Å²) in [6, 6.07) is 8.79. The Labute approximate surface area is 169 Å². The highest BCUT2D eigenvalue weighted by Gasteiger charge is 2.36. The maximum absolute atomic E-state index is 9.42. The van der Waals surface area contributed by atoms with E-state index in [1.807, 2.05) is 0 Å². The predicted octanol–water partition coefficient (Wildman–Crippen LogP) is 2.73. The Hall–Kier alpha value is -3.11. The average molecular weight is 387 g/mol. The number of aryl methyl sites for hydroxylation is 1. The topological polar surface area (TPSA) is 107 Å². The van der Waals surface area contributed by atoms with Gasteiger partial charge >= 0.3 is 0 Å². The van der Waals surface area contributed by atoms with E-state index < -0.39 is 0 Å². The fourth-order valence-corrected chi connectivity index (χ4v) is 4.71. The molecule has 2 aromatic heterocycles. The first-order chi connectivity index (χ1) is 14.2.